The number of pyridine rings is 1. The zero-order valence-electron chi connectivity index (χ0n) is 14.3. The lowest BCUT2D eigenvalue weighted by Crippen LogP contribution is -2.28. The van der Waals surface area contributed by atoms with Crippen molar-refractivity contribution in [3.8, 4) is 5.88 Å². The minimum atomic E-state index is 0.482. The van der Waals surface area contributed by atoms with E-state index in [-0.39, 0.29) is 0 Å². The normalized spacial score (nSPS) is 11.4. The molecule has 0 aromatic carbocycles. The van der Waals surface area contributed by atoms with Crippen molar-refractivity contribution < 1.29 is 4.74 Å². The monoisotopic (exact) mass is 293 g/mol. The SMILES string of the molecule is CCc1cc(CNC(C)C)cc(OCCN(CC)CC)n1. The molecule has 0 unspecified atom stereocenters. The molecule has 1 aromatic rings. The first-order valence-electron chi connectivity index (χ1n) is 8.17. The van der Waals surface area contributed by atoms with Gasteiger partial charge in [-0.25, -0.2) is 4.98 Å². The third kappa shape index (κ3) is 6.91. The summed E-state index contributed by atoms with van der Waals surface area (Å²) in [7, 11) is 0. The van der Waals surface area contributed by atoms with Gasteiger partial charge in [-0.05, 0) is 31.1 Å². The summed E-state index contributed by atoms with van der Waals surface area (Å²) in [4.78, 5) is 6.91. The van der Waals surface area contributed by atoms with Crippen molar-refractivity contribution in [2.24, 2.45) is 0 Å². The highest BCUT2D eigenvalue weighted by molar-refractivity contribution is 5.25. The van der Waals surface area contributed by atoms with Gasteiger partial charge in [-0.1, -0.05) is 34.6 Å². The summed E-state index contributed by atoms with van der Waals surface area (Å²) in [6.07, 6.45) is 0.932. The number of likely N-dealkylation sites (N-methyl/N-ethyl adjacent to an activating group) is 1. The van der Waals surface area contributed by atoms with E-state index in [9.17, 15) is 0 Å². The van der Waals surface area contributed by atoms with Crippen LogP contribution in [-0.4, -0.2) is 42.2 Å². The average molecular weight is 293 g/mol. The summed E-state index contributed by atoms with van der Waals surface area (Å²) in [6, 6.07) is 4.69. The molecule has 21 heavy (non-hydrogen) atoms. The van der Waals surface area contributed by atoms with Crippen LogP contribution < -0.4 is 10.1 Å². The molecule has 0 bridgehead atoms. The number of nitrogens with zero attached hydrogens (tertiary/aromatic N) is 2. The van der Waals surface area contributed by atoms with Crippen molar-refractivity contribution in [1.29, 1.82) is 0 Å². The molecule has 0 spiro atoms. The fraction of sp³-hybridized carbons (Fsp3) is 0.706. The first kappa shape index (κ1) is 17.9. The van der Waals surface area contributed by atoms with Crippen LogP contribution in [0.1, 0.15) is 45.9 Å². The highest BCUT2D eigenvalue weighted by Crippen LogP contribution is 2.13. The first-order chi connectivity index (χ1) is 10.1. The lowest BCUT2D eigenvalue weighted by Gasteiger charge is -2.18. The molecule has 120 valence electrons. The maximum absolute atomic E-state index is 5.85. The molecule has 0 aliphatic carbocycles. The van der Waals surface area contributed by atoms with E-state index < -0.39 is 0 Å². The Labute approximate surface area is 129 Å². The predicted octanol–water partition coefficient (Wildman–Crippen LogP) is 2.86. The van der Waals surface area contributed by atoms with Crippen molar-refractivity contribution in [2.75, 3.05) is 26.2 Å². The van der Waals surface area contributed by atoms with Crippen molar-refractivity contribution >= 4 is 0 Å². The molecule has 0 fully saturated rings. The minimum absolute atomic E-state index is 0.482. The fourth-order valence-corrected chi connectivity index (χ4v) is 2.12. The van der Waals surface area contributed by atoms with E-state index in [1.165, 1.54) is 5.56 Å². The van der Waals surface area contributed by atoms with Crippen molar-refractivity contribution in [3.05, 3.63) is 23.4 Å². The van der Waals surface area contributed by atoms with E-state index in [0.717, 1.165) is 44.2 Å². The molecule has 1 N–H and O–H groups in total. The van der Waals surface area contributed by atoms with Gasteiger partial charge in [0, 0.05) is 30.9 Å². The molecule has 0 saturated heterocycles. The van der Waals surface area contributed by atoms with Crippen LogP contribution in [0.3, 0.4) is 0 Å². The van der Waals surface area contributed by atoms with Crippen LogP contribution >= 0.6 is 0 Å². The van der Waals surface area contributed by atoms with E-state index in [1.807, 2.05) is 0 Å². The Bertz CT molecular complexity index is 403. The third-order valence-corrected chi connectivity index (χ3v) is 3.54. The van der Waals surface area contributed by atoms with Crippen LogP contribution in [0, 0.1) is 0 Å². The fourth-order valence-electron chi connectivity index (χ4n) is 2.12. The Balaban J connectivity index is 2.61. The molecule has 1 aromatic heterocycles. The van der Waals surface area contributed by atoms with Crippen LogP contribution in [0.2, 0.25) is 0 Å². The molecule has 4 heteroatoms. The topological polar surface area (TPSA) is 37.4 Å². The highest BCUT2D eigenvalue weighted by atomic mass is 16.5. The van der Waals surface area contributed by atoms with Gasteiger partial charge >= 0.3 is 0 Å². The van der Waals surface area contributed by atoms with E-state index >= 15 is 0 Å². The molecule has 0 aliphatic heterocycles. The van der Waals surface area contributed by atoms with E-state index in [4.69, 9.17) is 4.74 Å². The highest BCUT2D eigenvalue weighted by Gasteiger charge is 2.05. The summed E-state index contributed by atoms with van der Waals surface area (Å²) >= 11 is 0. The molecule has 1 rings (SSSR count). The molecule has 0 radical (unpaired) electrons. The Hall–Kier alpha value is -1.13. The van der Waals surface area contributed by atoms with Crippen molar-refractivity contribution in [2.45, 2.75) is 53.6 Å². The zero-order valence-corrected chi connectivity index (χ0v) is 14.3. The number of aryl methyl sites for hydroxylation is 1. The zero-order chi connectivity index (χ0) is 15.7. The third-order valence-electron chi connectivity index (χ3n) is 3.54. The average Bonchev–Trinajstić information content (AvgIpc) is 2.49. The van der Waals surface area contributed by atoms with E-state index in [0.29, 0.717) is 12.6 Å². The van der Waals surface area contributed by atoms with Gasteiger partial charge in [-0.2, -0.15) is 0 Å². The number of aromatic nitrogens is 1. The molecular formula is C17H31N3O. The number of nitrogens with one attached hydrogen (secondary N) is 1. The molecule has 0 aliphatic rings. The Morgan fingerprint density at radius 2 is 1.90 bits per heavy atom. The quantitative estimate of drug-likeness (QED) is 0.720. The van der Waals surface area contributed by atoms with Crippen molar-refractivity contribution in [3.63, 3.8) is 0 Å². The van der Waals surface area contributed by atoms with Crippen LogP contribution in [0.4, 0.5) is 0 Å². The van der Waals surface area contributed by atoms with E-state index in [1.54, 1.807) is 0 Å². The second-order valence-electron chi connectivity index (χ2n) is 5.57. The van der Waals surface area contributed by atoms with Crippen molar-refractivity contribution in [1.82, 2.24) is 15.2 Å². The lowest BCUT2D eigenvalue weighted by atomic mass is 10.2. The molecule has 4 nitrogen and oxygen atoms in total. The summed E-state index contributed by atoms with van der Waals surface area (Å²) in [5.41, 5.74) is 2.34. The van der Waals surface area contributed by atoms with E-state index in [2.05, 4.69) is 62.0 Å². The smallest absolute Gasteiger partial charge is 0.213 e. The second kappa shape index (κ2) is 9.74. The summed E-state index contributed by atoms with van der Waals surface area (Å²) in [5, 5.41) is 3.44. The van der Waals surface area contributed by atoms with Crippen LogP contribution in [0.25, 0.3) is 0 Å². The van der Waals surface area contributed by atoms with Crippen LogP contribution in [0.5, 0.6) is 5.88 Å². The summed E-state index contributed by atoms with van der Waals surface area (Å²) in [6.45, 7) is 15.4. The maximum atomic E-state index is 5.85. The number of hydrogen-bond acceptors (Lipinski definition) is 4. The number of ether oxygens (including phenoxy) is 1. The Morgan fingerprint density at radius 1 is 1.19 bits per heavy atom. The maximum Gasteiger partial charge on any atom is 0.213 e. The predicted molar refractivity (Wildman–Crippen MR) is 88.9 cm³/mol. The molecule has 0 saturated carbocycles. The number of hydrogen-bond donors (Lipinski definition) is 1. The molecule has 1 heterocycles. The molecular weight excluding hydrogens is 262 g/mol. The van der Waals surface area contributed by atoms with Gasteiger partial charge in [-0.15, -0.1) is 0 Å². The van der Waals surface area contributed by atoms with Crippen LogP contribution in [0.15, 0.2) is 12.1 Å². The molecule has 0 amide bonds. The second-order valence-corrected chi connectivity index (χ2v) is 5.57. The number of rotatable bonds is 10. The first-order valence-corrected chi connectivity index (χ1v) is 8.17. The standard InChI is InChI=1S/C17H31N3O/c1-6-16-11-15(13-18-14(4)5)12-17(19-16)21-10-9-20(7-2)8-3/h11-12,14,18H,6-10,13H2,1-5H3. The summed E-state index contributed by atoms with van der Waals surface area (Å²) in [5.74, 6) is 0.752. The Kier molecular flexibility index (Phi) is 8.31. The van der Waals surface area contributed by atoms with Gasteiger partial charge in [0.2, 0.25) is 5.88 Å². The van der Waals surface area contributed by atoms with Gasteiger partial charge in [-0.3, -0.25) is 0 Å². The van der Waals surface area contributed by atoms with Gasteiger partial charge in [0.1, 0.15) is 6.61 Å². The lowest BCUT2D eigenvalue weighted by molar-refractivity contribution is 0.217. The van der Waals surface area contributed by atoms with Gasteiger partial charge in [0.05, 0.1) is 0 Å². The minimum Gasteiger partial charge on any atom is -0.476 e. The van der Waals surface area contributed by atoms with Crippen LogP contribution in [-0.2, 0) is 13.0 Å². The molecule has 0 atom stereocenters. The van der Waals surface area contributed by atoms with Gasteiger partial charge in [0.25, 0.3) is 0 Å². The van der Waals surface area contributed by atoms with Gasteiger partial charge in [0.15, 0.2) is 0 Å². The van der Waals surface area contributed by atoms with Gasteiger partial charge < -0.3 is 15.0 Å². The Morgan fingerprint density at radius 3 is 2.48 bits per heavy atom. The summed E-state index contributed by atoms with van der Waals surface area (Å²) < 4.78 is 5.85. The largest absolute Gasteiger partial charge is 0.476 e.